The first-order chi connectivity index (χ1) is 16.8. The molecule has 2 aromatic carbocycles. The highest BCUT2D eigenvalue weighted by Gasteiger charge is 2.19. The molecular formula is C27H24N6O2. The van der Waals surface area contributed by atoms with Crippen molar-refractivity contribution in [3.63, 3.8) is 0 Å². The molecule has 0 aliphatic heterocycles. The minimum Gasteiger partial charge on any atom is -0.383 e. The van der Waals surface area contributed by atoms with Gasteiger partial charge in [-0.3, -0.25) is 9.36 Å². The third-order valence-corrected chi connectivity index (χ3v) is 5.96. The summed E-state index contributed by atoms with van der Waals surface area (Å²) in [7, 11) is 0. The first-order valence-corrected chi connectivity index (χ1v) is 11.2. The zero-order valence-corrected chi connectivity index (χ0v) is 19.6. The van der Waals surface area contributed by atoms with Gasteiger partial charge in [0.1, 0.15) is 23.9 Å². The quantitative estimate of drug-likeness (QED) is 0.397. The van der Waals surface area contributed by atoms with Gasteiger partial charge in [-0.05, 0) is 55.3 Å². The van der Waals surface area contributed by atoms with Gasteiger partial charge in [0.15, 0.2) is 5.65 Å². The van der Waals surface area contributed by atoms with E-state index in [1.807, 2.05) is 62.4 Å². The van der Waals surface area contributed by atoms with E-state index in [1.165, 1.54) is 6.33 Å². The number of aliphatic hydroxyl groups excluding tert-OH is 1. The van der Waals surface area contributed by atoms with Crippen LogP contribution in [0.4, 0.5) is 5.82 Å². The van der Waals surface area contributed by atoms with Crippen LogP contribution in [-0.4, -0.2) is 35.5 Å². The first kappa shape index (κ1) is 22.3. The van der Waals surface area contributed by atoms with Crippen molar-refractivity contribution in [2.75, 3.05) is 5.73 Å². The molecule has 0 spiro atoms. The van der Waals surface area contributed by atoms with Crippen molar-refractivity contribution in [2.24, 2.45) is 0 Å². The summed E-state index contributed by atoms with van der Waals surface area (Å²) in [6.07, 6.45) is 0.552. The number of benzene rings is 2. The average Bonchev–Trinajstić information content (AvgIpc) is 3.17. The van der Waals surface area contributed by atoms with E-state index in [-0.39, 0.29) is 17.9 Å². The largest absolute Gasteiger partial charge is 0.383 e. The van der Waals surface area contributed by atoms with E-state index < -0.39 is 6.10 Å². The Hall–Kier alpha value is -4.48. The molecule has 1 atom stereocenters. The van der Waals surface area contributed by atoms with Crippen molar-refractivity contribution in [3.05, 3.63) is 87.7 Å². The number of nitrogen functional groups attached to an aromatic ring is 1. The fraction of sp³-hybridized carbons (Fsp3) is 0.185. The Balaban J connectivity index is 1.79. The molecule has 35 heavy (non-hydrogen) atoms. The van der Waals surface area contributed by atoms with Gasteiger partial charge >= 0.3 is 0 Å². The Morgan fingerprint density at radius 1 is 1.06 bits per heavy atom. The summed E-state index contributed by atoms with van der Waals surface area (Å²) in [6, 6.07) is 15.6. The van der Waals surface area contributed by atoms with Crippen molar-refractivity contribution < 1.29 is 5.11 Å². The standard InChI is InChI=1S/C27H24N6O2/c1-16-7-4-5-10-22(16)33-20(13-19-9-6-8-17(2)23(19)27(33)35)14-32-26-24(25(28)29-15-30-26)21(31-32)12-11-18(3)34/h4-10,13,15,18,34H,14H2,1-3H3,(H2,28,29,30). The minimum absolute atomic E-state index is 0.0929. The van der Waals surface area contributed by atoms with Gasteiger partial charge in [0, 0.05) is 5.69 Å². The molecule has 0 bridgehead atoms. The van der Waals surface area contributed by atoms with E-state index in [0.29, 0.717) is 22.1 Å². The number of aliphatic hydroxyl groups is 1. The lowest BCUT2D eigenvalue weighted by Gasteiger charge is -2.17. The summed E-state index contributed by atoms with van der Waals surface area (Å²) >= 11 is 0. The predicted octanol–water partition coefficient (Wildman–Crippen LogP) is 3.11. The van der Waals surface area contributed by atoms with Crippen molar-refractivity contribution in [1.82, 2.24) is 24.3 Å². The van der Waals surface area contributed by atoms with E-state index in [9.17, 15) is 9.90 Å². The van der Waals surface area contributed by atoms with E-state index in [4.69, 9.17) is 5.73 Å². The smallest absolute Gasteiger partial charge is 0.263 e. The number of para-hydroxylation sites is 1. The molecule has 0 radical (unpaired) electrons. The molecule has 1 unspecified atom stereocenters. The summed E-state index contributed by atoms with van der Waals surface area (Å²) in [5.41, 5.74) is 10.4. The van der Waals surface area contributed by atoms with E-state index in [0.717, 1.165) is 27.9 Å². The number of aryl methyl sites for hydroxylation is 2. The van der Waals surface area contributed by atoms with Gasteiger partial charge in [-0.25, -0.2) is 14.6 Å². The minimum atomic E-state index is -0.823. The lowest BCUT2D eigenvalue weighted by atomic mass is 10.1. The number of rotatable bonds is 3. The molecule has 3 aromatic heterocycles. The summed E-state index contributed by atoms with van der Waals surface area (Å²) in [4.78, 5) is 22.3. The Kier molecular flexibility index (Phi) is 5.55. The summed E-state index contributed by atoms with van der Waals surface area (Å²) in [5, 5.41) is 16.3. The van der Waals surface area contributed by atoms with E-state index in [2.05, 4.69) is 26.9 Å². The number of fused-ring (bicyclic) bond motifs is 2. The van der Waals surface area contributed by atoms with Gasteiger partial charge in [0.05, 0.1) is 23.0 Å². The second kappa shape index (κ2) is 8.70. The Morgan fingerprint density at radius 2 is 1.83 bits per heavy atom. The second-order valence-corrected chi connectivity index (χ2v) is 8.51. The van der Waals surface area contributed by atoms with Crippen molar-refractivity contribution in [2.45, 2.75) is 33.4 Å². The number of hydrogen-bond donors (Lipinski definition) is 2. The topological polar surface area (TPSA) is 112 Å². The highest BCUT2D eigenvalue weighted by Crippen LogP contribution is 2.24. The normalized spacial score (nSPS) is 12.0. The summed E-state index contributed by atoms with van der Waals surface area (Å²) in [6.45, 7) is 5.74. The molecule has 5 rings (SSSR count). The SMILES string of the molecule is Cc1ccccc1-n1c(Cn2nc(C#CC(C)O)c3c(N)ncnc32)cc2cccc(C)c2c1=O. The van der Waals surface area contributed by atoms with E-state index in [1.54, 1.807) is 16.2 Å². The molecule has 5 aromatic rings. The lowest BCUT2D eigenvalue weighted by molar-refractivity contribution is 0.253. The molecule has 0 fully saturated rings. The molecular weight excluding hydrogens is 440 g/mol. The highest BCUT2D eigenvalue weighted by atomic mass is 16.3. The Bertz CT molecular complexity index is 1720. The van der Waals surface area contributed by atoms with Crippen LogP contribution in [0.25, 0.3) is 27.5 Å². The number of nitrogens with two attached hydrogens (primary N) is 1. The number of nitrogens with zero attached hydrogens (tertiary/aromatic N) is 5. The van der Waals surface area contributed by atoms with Crippen LogP contribution >= 0.6 is 0 Å². The molecule has 3 N–H and O–H groups in total. The lowest BCUT2D eigenvalue weighted by Crippen LogP contribution is -2.25. The molecule has 0 saturated heterocycles. The molecule has 174 valence electrons. The number of aromatic nitrogens is 5. The van der Waals surface area contributed by atoms with Crippen LogP contribution in [0, 0.1) is 25.7 Å². The van der Waals surface area contributed by atoms with Crippen LogP contribution in [0.5, 0.6) is 0 Å². The Morgan fingerprint density at radius 3 is 2.60 bits per heavy atom. The molecule has 0 aliphatic rings. The van der Waals surface area contributed by atoms with Crippen LogP contribution in [0.1, 0.15) is 29.4 Å². The van der Waals surface area contributed by atoms with Gasteiger partial charge in [-0.2, -0.15) is 5.10 Å². The van der Waals surface area contributed by atoms with Crippen LogP contribution in [0.2, 0.25) is 0 Å². The van der Waals surface area contributed by atoms with Gasteiger partial charge in [-0.15, -0.1) is 0 Å². The number of pyridine rings is 1. The van der Waals surface area contributed by atoms with Crippen molar-refractivity contribution in [3.8, 4) is 17.5 Å². The van der Waals surface area contributed by atoms with Crippen molar-refractivity contribution in [1.29, 1.82) is 0 Å². The molecule has 3 heterocycles. The summed E-state index contributed by atoms with van der Waals surface area (Å²) < 4.78 is 3.41. The van der Waals surface area contributed by atoms with Gasteiger partial charge in [-0.1, -0.05) is 42.3 Å². The predicted molar refractivity (Wildman–Crippen MR) is 136 cm³/mol. The van der Waals surface area contributed by atoms with Crippen LogP contribution in [0.15, 0.2) is 59.7 Å². The summed E-state index contributed by atoms with van der Waals surface area (Å²) in [5.74, 6) is 5.83. The van der Waals surface area contributed by atoms with Gasteiger partial charge < -0.3 is 10.8 Å². The molecule has 8 nitrogen and oxygen atoms in total. The highest BCUT2D eigenvalue weighted by molar-refractivity contribution is 5.90. The van der Waals surface area contributed by atoms with Gasteiger partial charge in [0.2, 0.25) is 0 Å². The zero-order chi connectivity index (χ0) is 24.7. The third kappa shape index (κ3) is 3.92. The van der Waals surface area contributed by atoms with Crippen LogP contribution < -0.4 is 11.3 Å². The fourth-order valence-corrected chi connectivity index (χ4v) is 4.34. The maximum absolute atomic E-state index is 13.9. The monoisotopic (exact) mass is 464 g/mol. The molecule has 8 heteroatoms. The van der Waals surface area contributed by atoms with Crippen molar-refractivity contribution >= 4 is 27.6 Å². The fourth-order valence-electron chi connectivity index (χ4n) is 4.34. The van der Waals surface area contributed by atoms with E-state index >= 15 is 0 Å². The number of anilines is 1. The van der Waals surface area contributed by atoms with Crippen LogP contribution in [-0.2, 0) is 6.54 Å². The Labute approximate surface area is 201 Å². The second-order valence-electron chi connectivity index (χ2n) is 8.51. The van der Waals surface area contributed by atoms with Gasteiger partial charge in [0.25, 0.3) is 5.56 Å². The molecule has 0 aliphatic carbocycles. The number of hydrogen-bond acceptors (Lipinski definition) is 6. The zero-order valence-electron chi connectivity index (χ0n) is 19.6. The maximum atomic E-state index is 13.9. The average molecular weight is 465 g/mol. The maximum Gasteiger partial charge on any atom is 0.263 e. The first-order valence-electron chi connectivity index (χ1n) is 11.2. The third-order valence-electron chi connectivity index (χ3n) is 5.96. The molecule has 0 amide bonds. The van der Waals surface area contributed by atoms with Crippen LogP contribution in [0.3, 0.4) is 0 Å². The molecule has 0 saturated carbocycles.